The molecule has 0 fully saturated rings. The van der Waals surface area contributed by atoms with Crippen molar-refractivity contribution in [2.45, 2.75) is 13.5 Å². The Kier molecular flexibility index (Phi) is 4.18. The Morgan fingerprint density at radius 1 is 1.00 bits per heavy atom. The molecule has 5 rings (SSSR count). The van der Waals surface area contributed by atoms with E-state index in [4.69, 9.17) is 21.6 Å². The van der Waals surface area contributed by atoms with Gasteiger partial charge in [0.1, 0.15) is 12.1 Å². The molecule has 0 aliphatic rings. The number of hydrogen-bond acceptors (Lipinski definition) is 3. The molecular formula is C23H17ClN4O. The van der Waals surface area contributed by atoms with Gasteiger partial charge in [-0.15, -0.1) is 0 Å². The van der Waals surface area contributed by atoms with Crippen molar-refractivity contribution in [1.82, 2.24) is 14.5 Å². The van der Waals surface area contributed by atoms with Crippen LogP contribution in [0.25, 0.3) is 33.1 Å². The highest BCUT2D eigenvalue weighted by Crippen LogP contribution is 2.28. The lowest BCUT2D eigenvalue weighted by atomic mass is 10.2. The number of carbonyl (C=O) groups is 1. The Labute approximate surface area is 172 Å². The lowest BCUT2D eigenvalue weighted by Gasteiger charge is -2.10. The SMILES string of the molecule is Cc1cc(Cl)ccc1NC(=O)Cn1c2ccccc2c2nc3ccccc3nc21. The van der Waals surface area contributed by atoms with Crippen LogP contribution in [0.2, 0.25) is 5.02 Å². The van der Waals surface area contributed by atoms with Crippen molar-refractivity contribution in [1.29, 1.82) is 0 Å². The van der Waals surface area contributed by atoms with E-state index >= 15 is 0 Å². The number of amides is 1. The van der Waals surface area contributed by atoms with E-state index in [0.29, 0.717) is 10.7 Å². The van der Waals surface area contributed by atoms with E-state index in [1.807, 2.05) is 72.2 Å². The molecule has 2 heterocycles. The smallest absolute Gasteiger partial charge is 0.244 e. The number of rotatable bonds is 3. The highest BCUT2D eigenvalue weighted by molar-refractivity contribution is 6.30. The number of hydrogen-bond donors (Lipinski definition) is 1. The van der Waals surface area contributed by atoms with Crippen LogP contribution in [0.5, 0.6) is 0 Å². The van der Waals surface area contributed by atoms with E-state index in [1.165, 1.54) is 0 Å². The van der Waals surface area contributed by atoms with Gasteiger partial charge in [-0.1, -0.05) is 41.9 Å². The molecule has 5 nitrogen and oxygen atoms in total. The lowest BCUT2D eigenvalue weighted by molar-refractivity contribution is -0.116. The summed E-state index contributed by atoms with van der Waals surface area (Å²) in [5.41, 5.74) is 5.74. The Morgan fingerprint density at radius 2 is 1.72 bits per heavy atom. The zero-order valence-electron chi connectivity index (χ0n) is 15.7. The number of carbonyl (C=O) groups excluding carboxylic acids is 1. The lowest BCUT2D eigenvalue weighted by Crippen LogP contribution is -2.19. The topological polar surface area (TPSA) is 59.8 Å². The van der Waals surface area contributed by atoms with E-state index in [2.05, 4.69) is 5.32 Å². The first kappa shape index (κ1) is 17.6. The third kappa shape index (κ3) is 3.09. The second-order valence-corrected chi connectivity index (χ2v) is 7.43. The normalized spacial score (nSPS) is 11.4. The van der Waals surface area contributed by atoms with Crippen LogP contribution < -0.4 is 5.32 Å². The molecule has 6 heteroatoms. The molecule has 1 amide bonds. The van der Waals surface area contributed by atoms with Crippen LogP contribution in [0.3, 0.4) is 0 Å². The average molecular weight is 401 g/mol. The fourth-order valence-corrected chi connectivity index (χ4v) is 3.87. The van der Waals surface area contributed by atoms with Crippen LogP contribution in [0.15, 0.2) is 66.7 Å². The minimum atomic E-state index is -0.131. The Morgan fingerprint density at radius 3 is 2.52 bits per heavy atom. The number of anilines is 1. The predicted molar refractivity (Wildman–Crippen MR) is 117 cm³/mol. The molecule has 3 aromatic carbocycles. The number of aromatic nitrogens is 3. The summed E-state index contributed by atoms with van der Waals surface area (Å²) in [5.74, 6) is -0.131. The van der Waals surface area contributed by atoms with Gasteiger partial charge in [0.05, 0.1) is 16.6 Å². The largest absolute Gasteiger partial charge is 0.324 e. The molecule has 0 saturated heterocycles. The van der Waals surface area contributed by atoms with Gasteiger partial charge in [-0.3, -0.25) is 4.79 Å². The van der Waals surface area contributed by atoms with Crippen LogP contribution in [-0.4, -0.2) is 20.4 Å². The summed E-state index contributed by atoms with van der Waals surface area (Å²) in [6, 6.07) is 21.1. The molecule has 142 valence electrons. The third-order valence-electron chi connectivity index (χ3n) is 5.02. The average Bonchev–Trinajstić information content (AvgIpc) is 3.01. The highest BCUT2D eigenvalue weighted by Gasteiger charge is 2.16. The summed E-state index contributed by atoms with van der Waals surface area (Å²) in [6.45, 7) is 2.05. The van der Waals surface area contributed by atoms with Gasteiger partial charge in [0.15, 0.2) is 5.65 Å². The fourth-order valence-electron chi connectivity index (χ4n) is 3.64. The van der Waals surface area contributed by atoms with Gasteiger partial charge in [-0.05, 0) is 48.9 Å². The van der Waals surface area contributed by atoms with Gasteiger partial charge in [0.25, 0.3) is 0 Å². The minimum absolute atomic E-state index is 0.131. The van der Waals surface area contributed by atoms with Crippen molar-refractivity contribution in [2.24, 2.45) is 0 Å². The van der Waals surface area contributed by atoms with Crippen molar-refractivity contribution in [3.63, 3.8) is 0 Å². The fraction of sp³-hybridized carbons (Fsp3) is 0.0870. The van der Waals surface area contributed by atoms with Crippen molar-refractivity contribution in [3.8, 4) is 0 Å². The van der Waals surface area contributed by atoms with Crippen LogP contribution in [-0.2, 0) is 11.3 Å². The van der Waals surface area contributed by atoms with Gasteiger partial charge in [0.2, 0.25) is 5.91 Å². The molecule has 0 radical (unpaired) electrons. The predicted octanol–water partition coefficient (Wildman–Crippen LogP) is 5.34. The molecule has 5 aromatic rings. The maximum atomic E-state index is 12.9. The molecule has 0 spiro atoms. The highest BCUT2D eigenvalue weighted by atomic mass is 35.5. The molecular weight excluding hydrogens is 384 g/mol. The van der Waals surface area contributed by atoms with E-state index in [9.17, 15) is 4.79 Å². The molecule has 0 aliphatic carbocycles. The summed E-state index contributed by atoms with van der Waals surface area (Å²) in [5, 5.41) is 4.60. The first-order valence-electron chi connectivity index (χ1n) is 9.30. The second-order valence-electron chi connectivity index (χ2n) is 7.00. The quantitative estimate of drug-likeness (QED) is 0.444. The number of aryl methyl sites for hydroxylation is 1. The number of fused-ring (bicyclic) bond motifs is 4. The van der Waals surface area contributed by atoms with E-state index in [0.717, 1.165) is 38.7 Å². The van der Waals surface area contributed by atoms with Gasteiger partial charge in [-0.25, -0.2) is 9.97 Å². The van der Waals surface area contributed by atoms with Crippen molar-refractivity contribution in [2.75, 3.05) is 5.32 Å². The molecule has 1 N–H and O–H groups in total. The van der Waals surface area contributed by atoms with Crippen LogP contribution in [0, 0.1) is 6.92 Å². The zero-order chi connectivity index (χ0) is 20.0. The van der Waals surface area contributed by atoms with E-state index in [1.54, 1.807) is 6.07 Å². The van der Waals surface area contributed by atoms with Gasteiger partial charge in [-0.2, -0.15) is 0 Å². The number of nitrogens with one attached hydrogen (secondary N) is 1. The standard InChI is InChI=1S/C23H17ClN4O/c1-14-12-15(24)10-11-17(14)25-21(29)13-28-20-9-5-2-6-16(20)22-23(28)27-19-8-4-3-7-18(19)26-22/h2-12H,13H2,1H3,(H,25,29). The minimum Gasteiger partial charge on any atom is -0.324 e. The molecule has 0 unspecified atom stereocenters. The molecule has 0 saturated carbocycles. The summed E-state index contributed by atoms with van der Waals surface area (Å²) >= 11 is 6.01. The first-order chi connectivity index (χ1) is 14.1. The zero-order valence-corrected chi connectivity index (χ0v) is 16.4. The number of nitrogens with zero attached hydrogens (tertiary/aromatic N) is 3. The molecule has 0 aliphatic heterocycles. The second kappa shape index (κ2) is 6.87. The first-order valence-corrected chi connectivity index (χ1v) is 9.68. The summed E-state index contributed by atoms with van der Waals surface area (Å²) in [6.07, 6.45) is 0. The van der Waals surface area contributed by atoms with Crippen molar-refractivity contribution in [3.05, 3.63) is 77.3 Å². The molecule has 29 heavy (non-hydrogen) atoms. The third-order valence-corrected chi connectivity index (χ3v) is 5.26. The Bertz CT molecular complexity index is 1410. The number of para-hydroxylation sites is 3. The van der Waals surface area contributed by atoms with Gasteiger partial charge in [0, 0.05) is 16.1 Å². The van der Waals surface area contributed by atoms with Crippen LogP contribution in [0.1, 0.15) is 5.56 Å². The number of halogens is 1. The van der Waals surface area contributed by atoms with E-state index in [-0.39, 0.29) is 12.5 Å². The van der Waals surface area contributed by atoms with E-state index < -0.39 is 0 Å². The monoisotopic (exact) mass is 400 g/mol. The molecule has 0 bridgehead atoms. The number of benzene rings is 3. The van der Waals surface area contributed by atoms with Gasteiger partial charge >= 0.3 is 0 Å². The van der Waals surface area contributed by atoms with Crippen LogP contribution in [0.4, 0.5) is 5.69 Å². The van der Waals surface area contributed by atoms with Crippen molar-refractivity contribution < 1.29 is 4.79 Å². The van der Waals surface area contributed by atoms with Crippen LogP contribution >= 0.6 is 11.6 Å². The Hall–Kier alpha value is -3.44. The summed E-state index contributed by atoms with van der Waals surface area (Å²) < 4.78 is 1.92. The molecule has 2 aromatic heterocycles. The van der Waals surface area contributed by atoms with Gasteiger partial charge < -0.3 is 9.88 Å². The maximum Gasteiger partial charge on any atom is 0.244 e. The molecule has 0 atom stereocenters. The summed E-state index contributed by atoms with van der Waals surface area (Å²) in [7, 11) is 0. The summed E-state index contributed by atoms with van der Waals surface area (Å²) in [4.78, 5) is 22.5. The Balaban J connectivity index is 1.61. The van der Waals surface area contributed by atoms with Crippen molar-refractivity contribution >= 4 is 56.3 Å². The maximum absolute atomic E-state index is 12.9.